The minimum absolute atomic E-state index is 0.0440. The standard InChI is InChI=1S/C46H62O12/c47-34-16-15-30(33(38(34)49)14-6-10-19-45(25-26-45)41(54)55)11-3-2-8-20-46(42(56)57)29-37(46)58-36-28-32(13-5-9-18-44(23-24-44)40(52)53)31(27-35(36)48)12-4-1-7-17-43(21-22-43)39(50)51/h15-16,27-28,37,47-49H,1-14,17-26,29H2,(H,50,51)(H,52,53)(H,54,55)(H,56,57). The molecule has 4 aliphatic rings. The van der Waals surface area contributed by atoms with Crippen LogP contribution in [0.1, 0.15) is 157 Å². The number of carbonyl (C=O) groups is 4. The molecule has 2 atom stereocenters. The summed E-state index contributed by atoms with van der Waals surface area (Å²) in [5.74, 6) is -3.22. The van der Waals surface area contributed by atoms with Crippen LogP contribution in [-0.4, -0.2) is 65.7 Å². The van der Waals surface area contributed by atoms with Crippen LogP contribution in [0.5, 0.6) is 23.0 Å². The second-order valence-electron chi connectivity index (χ2n) is 18.2. The van der Waals surface area contributed by atoms with E-state index in [0.717, 1.165) is 80.9 Å². The summed E-state index contributed by atoms with van der Waals surface area (Å²) in [4.78, 5) is 47.4. The molecule has 4 aliphatic carbocycles. The number of hydrogen-bond donors (Lipinski definition) is 7. The Morgan fingerprint density at radius 1 is 0.517 bits per heavy atom. The second kappa shape index (κ2) is 17.8. The molecule has 0 aromatic heterocycles. The molecule has 0 radical (unpaired) electrons. The van der Waals surface area contributed by atoms with Gasteiger partial charge >= 0.3 is 23.9 Å². The van der Waals surface area contributed by atoms with Crippen molar-refractivity contribution in [2.24, 2.45) is 21.7 Å². The molecule has 12 heteroatoms. The largest absolute Gasteiger partial charge is 0.504 e. The van der Waals surface area contributed by atoms with Crippen LogP contribution in [0.25, 0.3) is 0 Å². The van der Waals surface area contributed by atoms with Crippen molar-refractivity contribution in [2.75, 3.05) is 0 Å². The molecule has 0 saturated heterocycles. The van der Waals surface area contributed by atoms with Crippen LogP contribution in [-0.2, 0) is 44.9 Å². The van der Waals surface area contributed by atoms with Crippen molar-refractivity contribution < 1.29 is 59.7 Å². The van der Waals surface area contributed by atoms with Crippen molar-refractivity contribution >= 4 is 23.9 Å². The smallest absolute Gasteiger partial charge is 0.313 e. The number of ether oxygens (including phenoxy) is 1. The van der Waals surface area contributed by atoms with Crippen LogP contribution in [0.4, 0.5) is 0 Å². The molecule has 58 heavy (non-hydrogen) atoms. The number of unbranched alkanes of at least 4 members (excludes halogenated alkanes) is 6. The fourth-order valence-corrected chi connectivity index (χ4v) is 9.16. The van der Waals surface area contributed by atoms with E-state index in [1.165, 1.54) is 6.07 Å². The molecule has 12 nitrogen and oxygen atoms in total. The third-order valence-electron chi connectivity index (χ3n) is 14.1. The fraction of sp³-hybridized carbons (Fsp3) is 0.652. The number of carboxylic acid groups (broad SMARTS) is 4. The number of aliphatic carboxylic acids is 4. The first kappa shape index (κ1) is 43.1. The summed E-state index contributed by atoms with van der Waals surface area (Å²) in [6.45, 7) is 0. The maximum atomic E-state index is 12.6. The predicted molar refractivity (Wildman–Crippen MR) is 214 cm³/mol. The highest BCUT2D eigenvalue weighted by Crippen LogP contribution is 2.54. The molecule has 0 spiro atoms. The van der Waals surface area contributed by atoms with Gasteiger partial charge in [-0.3, -0.25) is 19.2 Å². The van der Waals surface area contributed by atoms with E-state index in [1.54, 1.807) is 6.07 Å². The van der Waals surface area contributed by atoms with Gasteiger partial charge in [0.1, 0.15) is 11.5 Å². The van der Waals surface area contributed by atoms with Crippen LogP contribution >= 0.6 is 0 Å². The number of aryl methyl sites for hydroxylation is 3. The van der Waals surface area contributed by atoms with Crippen molar-refractivity contribution in [2.45, 2.75) is 167 Å². The first-order valence-electron chi connectivity index (χ1n) is 21.6. The second-order valence-corrected chi connectivity index (χ2v) is 18.2. The number of hydrogen-bond acceptors (Lipinski definition) is 8. The molecule has 2 aromatic rings. The lowest BCUT2D eigenvalue weighted by molar-refractivity contribution is -0.145. The highest BCUT2D eigenvalue weighted by molar-refractivity contribution is 5.80. The van der Waals surface area contributed by atoms with Crippen LogP contribution in [0, 0.1) is 21.7 Å². The molecule has 7 N–H and O–H groups in total. The Hall–Kier alpha value is -4.48. The van der Waals surface area contributed by atoms with Crippen molar-refractivity contribution in [3.63, 3.8) is 0 Å². The third-order valence-corrected chi connectivity index (χ3v) is 14.1. The molecular formula is C46H62O12. The minimum Gasteiger partial charge on any atom is -0.504 e. The maximum absolute atomic E-state index is 12.6. The van der Waals surface area contributed by atoms with Crippen molar-refractivity contribution in [1.82, 2.24) is 0 Å². The third kappa shape index (κ3) is 10.0. The fourth-order valence-electron chi connectivity index (χ4n) is 9.16. The molecule has 2 unspecified atom stereocenters. The number of rotatable bonds is 28. The number of aromatic hydroxyl groups is 3. The Labute approximate surface area is 340 Å². The van der Waals surface area contributed by atoms with E-state index in [9.17, 15) is 54.9 Å². The summed E-state index contributed by atoms with van der Waals surface area (Å²) in [7, 11) is 0. The van der Waals surface area contributed by atoms with E-state index in [-0.39, 0.29) is 23.0 Å². The number of carboxylic acids is 4. The molecule has 0 aliphatic heterocycles. The molecular weight excluding hydrogens is 744 g/mol. The SMILES string of the molecule is O=C(O)C1(CCCCCc2cc(O)c(OC3CC3(CCCCCc3ccc(O)c(O)c3CCCCC3(C(=O)O)CC3)C(=O)O)cc2CCCCC2(C(=O)O)CC2)CC1. The first-order valence-corrected chi connectivity index (χ1v) is 21.6. The quantitative estimate of drug-likeness (QED) is 0.0317. The predicted octanol–water partition coefficient (Wildman–Crippen LogP) is 8.95. The Morgan fingerprint density at radius 2 is 0.966 bits per heavy atom. The summed E-state index contributed by atoms with van der Waals surface area (Å²) >= 11 is 0. The number of phenolic OH excluding ortho intramolecular Hbond substituents is 3. The Bertz CT molecular complexity index is 1840. The molecule has 4 fully saturated rings. The lowest BCUT2D eigenvalue weighted by Crippen LogP contribution is -2.22. The average Bonchev–Trinajstić information content (AvgIpc) is 3.99. The van der Waals surface area contributed by atoms with Crippen molar-refractivity contribution in [1.29, 1.82) is 0 Å². The van der Waals surface area contributed by atoms with Crippen molar-refractivity contribution in [3.8, 4) is 23.0 Å². The van der Waals surface area contributed by atoms with Gasteiger partial charge in [-0.15, -0.1) is 0 Å². The molecule has 4 saturated carbocycles. The van der Waals surface area contributed by atoms with Gasteiger partial charge < -0.3 is 40.5 Å². The average molecular weight is 807 g/mol. The Balaban J connectivity index is 1.01. The maximum Gasteiger partial charge on any atom is 0.313 e. The topological polar surface area (TPSA) is 219 Å². The Morgan fingerprint density at radius 3 is 1.47 bits per heavy atom. The zero-order valence-corrected chi connectivity index (χ0v) is 33.7. The molecule has 2 aromatic carbocycles. The van der Waals surface area contributed by atoms with Crippen LogP contribution in [0.15, 0.2) is 24.3 Å². The molecule has 0 amide bonds. The molecule has 6 rings (SSSR count). The zero-order valence-electron chi connectivity index (χ0n) is 33.7. The van der Waals surface area contributed by atoms with E-state index in [1.807, 2.05) is 12.1 Å². The van der Waals surface area contributed by atoms with Gasteiger partial charge in [0.25, 0.3) is 0 Å². The van der Waals surface area contributed by atoms with Gasteiger partial charge in [0, 0.05) is 12.0 Å². The zero-order chi connectivity index (χ0) is 41.7. The van der Waals surface area contributed by atoms with E-state index in [4.69, 9.17) is 4.74 Å². The number of benzene rings is 2. The van der Waals surface area contributed by atoms with Crippen LogP contribution in [0.2, 0.25) is 0 Å². The van der Waals surface area contributed by atoms with Gasteiger partial charge in [0.05, 0.1) is 16.2 Å². The normalized spacial score (nSPS) is 21.6. The summed E-state index contributed by atoms with van der Waals surface area (Å²) in [6.07, 6.45) is 16.5. The van der Waals surface area contributed by atoms with Crippen LogP contribution < -0.4 is 4.74 Å². The van der Waals surface area contributed by atoms with Crippen LogP contribution in [0.3, 0.4) is 0 Å². The monoisotopic (exact) mass is 806 g/mol. The van der Waals surface area contributed by atoms with E-state index in [2.05, 4.69) is 0 Å². The van der Waals surface area contributed by atoms with E-state index in [0.29, 0.717) is 102 Å². The summed E-state index contributed by atoms with van der Waals surface area (Å²) in [6, 6.07) is 6.83. The highest BCUT2D eigenvalue weighted by atomic mass is 16.5. The lowest BCUT2D eigenvalue weighted by Gasteiger charge is -2.18. The summed E-state index contributed by atoms with van der Waals surface area (Å²) < 4.78 is 6.24. The lowest BCUT2D eigenvalue weighted by atomic mass is 9.92. The van der Waals surface area contributed by atoms with Gasteiger partial charge in [0.15, 0.2) is 23.0 Å². The minimum atomic E-state index is -1.06. The molecule has 0 bridgehead atoms. The van der Waals surface area contributed by atoms with E-state index >= 15 is 0 Å². The first-order chi connectivity index (χ1) is 27.7. The Kier molecular flexibility index (Phi) is 13.2. The van der Waals surface area contributed by atoms with Gasteiger partial charge in [-0.1, -0.05) is 44.6 Å². The molecule has 0 heterocycles. The van der Waals surface area contributed by atoms with E-state index < -0.39 is 51.6 Å². The summed E-state index contributed by atoms with van der Waals surface area (Å²) in [5, 5.41) is 70.8. The van der Waals surface area contributed by atoms with Crippen molar-refractivity contribution in [3.05, 3.63) is 46.5 Å². The van der Waals surface area contributed by atoms with Gasteiger partial charge in [-0.2, -0.15) is 0 Å². The molecule has 318 valence electrons. The highest BCUT2D eigenvalue weighted by Gasteiger charge is 2.62. The van der Waals surface area contributed by atoms with Gasteiger partial charge in [0.2, 0.25) is 0 Å². The van der Waals surface area contributed by atoms with Gasteiger partial charge in [-0.25, -0.2) is 0 Å². The number of phenols is 3. The van der Waals surface area contributed by atoms with Gasteiger partial charge in [-0.05, 0) is 150 Å². The summed E-state index contributed by atoms with van der Waals surface area (Å²) in [5.41, 5.74) is 0.780.